The number of aliphatic hydroxyl groups is 1. The van der Waals surface area contributed by atoms with Gasteiger partial charge in [-0.1, -0.05) is 19.3 Å². The van der Waals surface area contributed by atoms with E-state index < -0.39 is 5.60 Å². The van der Waals surface area contributed by atoms with Gasteiger partial charge in [-0.15, -0.1) is 0 Å². The third kappa shape index (κ3) is 4.95. The molecule has 0 unspecified atom stereocenters. The highest BCUT2D eigenvalue weighted by Gasteiger charge is 2.23. The van der Waals surface area contributed by atoms with Crippen LogP contribution in [0.15, 0.2) is 18.5 Å². The minimum Gasteiger partial charge on any atom is -0.390 e. The molecular weight excluding hydrogens is 342 g/mol. The van der Waals surface area contributed by atoms with Crippen LogP contribution in [0.1, 0.15) is 75.3 Å². The number of aromatic nitrogens is 2. The molecule has 3 rings (SSSR count). The normalized spacial score (nSPS) is 15.9. The number of rotatable bonds is 6. The first kappa shape index (κ1) is 19.5. The summed E-state index contributed by atoms with van der Waals surface area (Å²) in [5, 5.41) is 12.9. The minimum atomic E-state index is -0.751. The third-order valence-electron chi connectivity index (χ3n) is 5.25. The lowest BCUT2D eigenvalue weighted by Crippen LogP contribution is -2.25. The number of nitrogens with zero attached hydrogens (tertiary/aromatic N) is 2. The number of ketones is 1. The van der Waals surface area contributed by atoms with E-state index in [0.717, 1.165) is 31.4 Å². The summed E-state index contributed by atoms with van der Waals surface area (Å²) in [6.07, 6.45) is 10.1. The molecule has 2 aromatic heterocycles. The molecule has 1 fully saturated rings. The molecule has 0 saturated heterocycles. The molecule has 1 amide bonds. The highest BCUT2D eigenvalue weighted by atomic mass is 16.3. The molecule has 2 heterocycles. The van der Waals surface area contributed by atoms with Crippen LogP contribution in [0.5, 0.6) is 0 Å². The number of anilines is 1. The molecular formula is C21H29N3O3. The Hall–Kier alpha value is -2.21. The van der Waals surface area contributed by atoms with E-state index in [-0.39, 0.29) is 17.6 Å². The number of carbonyl (C=O) groups excluding carboxylic acids is 2. The van der Waals surface area contributed by atoms with Crippen LogP contribution >= 0.6 is 0 Å². The molecule has 2 aromatic rings. The van der Waals surface area contributed by atoms with Crippen molar-refractivity contribution in [3.8, 4) is 0 Å². The molecule has 0 radical (unpaired) electrons. The Morgan fingerprint density at radius 2 is 1.96 bits per heavy atom. The zero-order chi connectivity index (χ0) is 19.6. The number of Topliss-reactive ketones (excluding diaryl/α,β-unsaturated/α-hetero) is 1. The van der Waals surface area contributed by atoms with Gasteiger partial charge in [-0.05, 0) is 52.5 Å². The van der Waals surface area contributed by atoms with Crippen LogP contribution < -0.4 is 5.32 Å². The standard InChI is InChI=1S/C21H29N3O3/c1-14(25)17-11-19-22-16(9-10-21(2,3)27)12-24(19)13-18(17)23-20(26)15-7-5-4-6-8-15/h11-13,15,27H,4-10H2,1-3H3,(H,23,26). The van der Waals surface area contributed by atoms with Crippen molar-refractivity contribution in [3.05, 3.63) is 29.7 Å². The molecule has 1 aliphatic carbocycles. The second-order valence-corrected chi connectivity index (χ2v) is 8.29. The molecule has 0 aromatic carbocycles. The molecule has 6 nitrogen and oxygen atoms in total. The quantitative estimate of drug-likeness (QED) is 0.757. The van der Waals surface area contributed by atoms with Crippen molar-refractivity contribution in [1.29, 1.82) is 0 Å². The fourth-order valence-electron chi connectivity index (χ4n) is 3.63. The Labute approximate surface area is 160 Å². The number of imidazole rings is 1. The van der Waals surface area contributed by atoms with Crippen molar-refractivity contribution >= 4 is 23.0 Å². The van der Waals surface area contributed by atoms with Crippen molar-refractivity contribution < 1.29 is 14.7 Å². The zero-order valence-electron chi connectivity index (χ0n) is 16.4. The highest BCUT2D eigenvalue weighted by Crippen LogP contribution is 2.26. The molecule has 146 valence electrons. The van der Waals surface area contributed by atoms with Gasteiger partial charge in [0.05, 0.1) is 17.0 Å². The van der Waals surface area contributed by atoms with Crippen molar-refractivity contribution in [2.45, 2.75) is 71.3 Å². The summed E-state index contributed by atoms with van der Waals surface area (Å²) in [6, 6.07) is 1.73. The van der Waals surface area contributed by atoms with Crippen molar-refractivity contribution in [2.24, 2.45) is 5.92 Å². The van der Waals surface area contributed by atoms with E-state index in [1.807, 2.05) is 10.6 Å². The lowest BCUT2D eigenvalue weighted by atomic mass is 9.88. The van der Waals surface area contributed by atoms with Crippen LogP contribution in [0.4, 0.5) is 5.69 Å². The Bertz CT molecular complexity index is 842. The fraction of sp³-hybridized carbons (Fsp3) is 0.571. The van der Waals surface area contributed by atoms with E-state index in [0.29, 0.717) is 29.7 Å². The average molecular weight is 371 g/mol. The van der Waals surface area contributed by atoms with Gasteiger partial charge >= 0.3 is 0 Å². The number of amides is 1. The van der Waals surface area contributed by atoms with Gasteiger partial charge in [0.2, 0.25) is 5.91 Å². The number of hydrogen-bond donors (Lipinski definition) is 2. The maximum atomic E-state index is 12.6. The van der Waals surface area contributed by atoms with Crippen LogP contribution in [0.25, 0.3) is 5.65 Å². The average Bonchev–Trinajstić information content (AvgIpc) is 3.01. The smallest absolute Gasteiger partial charge is 0.227 e. The summed E-state index contributed by atoms with van der Waals surface area (Å²) in [7, 11) is 0. The fourth-order valence-corrected chi connectivity index (χ4v) is 3.63. The molecule has 2 N–H and O–H groups in total. The van der Waals surface area contributed by atoms with E-state index in [4.69, 9.17) is 0 Å². The second kappa shape index (κ2) is 7.80. The largest absolute Gasteiger partial charge is 0.390 e. The van der Waals surface area contributed by atoms with Gasteiger partial charge in [-0.3, -0.25) is 9.59 Å². The van der Waals surface area contributed by atoms with Crippen LogP contribution in [-0.4, -0.2) is 31.8 Å². The zero-order valence-corrected chi connectivity index (χ0v) is 16.4. The van der Waals surface area contributed by atoms with Gasteiger partial charge < -0.3 is 14.8 Å². The summed E-state index contributed by atoms with van der Waals surface area (Å²) in [5.41, 5.74) is 1.78. The van der Waals surface area contributed by atoms with Crippen molar-refractivity contribution in [1.82, 2.24) is 9.38 Å². The van der Waals surface area contributed by atoms with Gasteiger partial charge in [0, 0.05) is 23.9 Å². The second-order valence-electron chi connectivity index (χ2n) is 8.29. The van der Waals surface area contributed by atoms with Gasteiger partial charge in [-0.2, -0.15) is 0 Å². The van der Waals surface area contributed by atoms with E-state index in [1.165, 1.54) is 13.3 Å². The Morgan fingerprint density at radius 3 is 2.59 bits per heavy atom. The number of pyridine rings is 1. The molecule has 1 aliphatic rings. The topological polar surface area (TPSA) is 83.7 Å². The van der Waals surface area contributed by atoms with Crippen LogP contribution in [0, 0.1) is 5.92 Å². The molecule has 0 atom stereocenters. The minimum absolute atomic E-state index is 0.00100. The maximum absolute atomic E-state index is 12.6. The van der Waals surface area contributed by atoms with Gasteiger partial charge in [-0.25, -0.2) is 4.98 Å². The maximum Gasteiger partial charge on any atom is 0.227 e. The molecule has 6 heteroatoms. The first-order valence-electron chi connectivity index (χ1n) is 9.79. The predicted molar refractivity (Wildman–Crippen MR) is 105 cm³/mol. The number of aryl methyl sites for hydroxylation is 1. The summed E-state index contributed by atoms with van der Waals surface area (Å²) in [6.45, 7) is 5.05. The number of carbonyl (C=O) groups is 2. The van der Waals surface area contributed by atoms with Gasteiger partial charge in [0.1, 0.15) is 5.65 Å². The molecule has 27 heavy (non-hydrogen) atoms. The lowest BCUT2D eigenvalue weighted by Gasteiger charge is -2.21. The first-order chi connectivity index (χ1) is 12.7. The molecule has 0 spiro atoms. The number of hydrogen-bond acceptors (Lipinski definition) is 4. The van der Waals surface area contributed by atoms with Crippen molar-refractivity contribution in [3.63, 3.8) is 0 Å². The van der Waals surface area contributed by atoms with Gasteiger partial charge in [0.15, 0.2) is 5.78 Å². The molecule has 0 aliphatic heterocycles. The summed E-state index contributed by atoms with van der Waals surface area (Å²) in [4.78, 5) is 29.3. The van der Waals surface area contributed by atoms with E-state index in [1.54, 1.807) is 26.1 Å². The summed E-state index contributed by atoms with van der Waals surface area (Å²) < 4.78 is 1.84. The number of nitrogens with one attached hydrogen (secondary N) is 1. The van der Waals surface area contributed by atoms with Crippen molar-refractivity contribution in [2.75, 3.05) is 5.32 Å². The van der Waals surface area contributed by atoms with E-state index in [9.17, 15) is 14.7 Å². The van der Waals surface area contributed by atoms with Crippen LogP contribution in [0.2, 0.25) is 0 Å². The predicted octanol–water partition coefficient (Wildman–Crippen LogP) is 3.76. The SMILES string of the molecule is CC(=O)c1cc2nc(CCC(C)(C)O)cn2cc1NC(=O)C1CCCCC1. The van der Waals surface area contributed by atoms with Crippen LogP contribution in [0.3, 0.4) is 0 Å². The monoisotopic (exact) mass is 371 g/mol. The Morgan fingerprint density at radius 1 is 1.26 bits per heavy atom. The Kier molecular flexibility index (Phi) is 5.65. The summed E-state index contributed by atoms with van der Waals surface area (Å²) in [5.74, 6) is -0.0733. The Balaban J connectivity index is 1.85. The lowest BCUT2D eigenvalue weighted by molar-refractivity contribution is -0.120. The molecule has 1 saturated carbocycles. The third-order valence-corrected chi connectivity index (χ3v) is 5.25. The highest BCUT2D eigenvalue weighted by molar-refractivity contribution is 6.04. The summed E-state index contributed by atoms with van der Waals surface area (Å²) >= 11 is 0. The van der Waals surface area contributed by atoms with Crippen LogP contribution in [-0.2, 0) is 11.2 Å². The number of fused-ring (bicyclic) bond motifs is 1. The molecule has 0 bridgehead atoms. The van der Waals surface area contributed by atoms with Gasteiger partial charge in [0.25, 0.3) is 0 Å². The first-order valence-corrected chi connectivity index (χ1v) is 9.79. The van der Waals surface area contributed by atoms with E-state index in [2.05, 4.69) is 10.3 Å². The van der Waals surface area contributed by atoms with E-state index >= 15 is 0 Å².